The summed E-state index contributed by atoms with van der Waals surface area (Å²) in [6.45, 7) is 8.23. The second-order valence-electron chi connectivity index (χ2n) is 7.32. The monoisotopic (exact) mass is 638 g/mol. The maximum atomic E-state index is 9.95. The van der Waals surface area contributed by atoms with Gasteiger partial charge in [-0.25, -0.2) is 0 Å². The van der Waals surface area contributed by atoms with Crippen molar-refractivity contribution >= 4 is 32.1 Å². The van der Waals surface area contributed by atoms with Crippen molar-refractivity contribution in [1.29, 1.82) is 0 Å². The van der Waals surface area contributed by atoms with E-state index in [1.807, 2.05) is 0 Å². The van der Waals surface area contributed by atoms with E-state index in [1.54, 1.807) is 0 Å². The molecule has 8 nitrogen and oxygen atoms in total. The van der Waals surface area contributed by atoms with Crippen molar-refractivity contribution in [1.82, 2.24) is 0 Å². The van der Waals surface area contributed by atoms with E-state index in [0.717, 1.165) is 77.0 Å². The van der Waals surface area contributed by atoms with Crippen molar-refractivity contribution in [2.24, 2.45) is 0 Å². The molecule has 33 heavy (non-hydrogen) atoms. The predicted molar refractivity (Wildman–Crippen MR) is 134 cm³/mol. The first-order chi connectivity index (χ1) is 15.1. The van der Waals surface area contributed by atoms with Gasteiger partial charge in [-0.15, -0.1) is 0 Å². The van der Waals surface area contributed by atoms with Gasteiger partial charge in [0.25, 0.3) is 0 Å². The largest absolute Gasteiger partial charge is 4.00 e. The predicted octanol–water partition coefficient (Wildman–Crippen LogP) is 4.04. The molecule has 0 saturated carbocycles. The first-order valence-corrected chi connectivity index (χ1v) is 18.0. The van der Waals surface area contributed by atoms with Crippen LogP contribution in [0.15, 0.2) is 0 Å². The number of rotatable bonds is 16. The summed E-state index contributed by atoms with van der Waals surface area (Å²) in [6, 6.07) is 0. The Morgan fingerprint density at radius 1 is 0.394 bits per heavy atom. The Morgan fingerprint density at radius 2 is 0.545 bits per heavy atom. The minimum Gasteiger partial charge on any atom is -0.802 e. The normalized spacial score (nSPS) is 13.3. The Balaban J connectivity index is -0.000000105. The topological polar surface area (TPSA) is 161 Å². The summed E-state index contributed by atoms with van der Waals surface area (Å²) in [5, 5.41) is 0. The van der Waals surface area contributed by atoms with Crippen molar-refractivity contribution in [3.63, 3.8) is 0 Å². The van der Waals surface area contributed by atoms with E-state index < -0.39 is 32.1 Å². The van der Waals surface area contributed by atoms with Gasteiger partial charge in [-0.1, -0.05) is 79.1 Å². The molecule has 0 aliphatic heterocycles. The van der Waals surface area contributed by atoms with Crippen LogP contribution in [0.4, 0.5) is 0 Å². The molecular weight excluding hydrogens is 588 g/mol. The van der Waals surface area contributed by atoms with Crippen molar-refractivity contribution in [2.45, 2.75) is 105 Å². The van der Waals surface area contributed by atoms with E-state index in [-0.39, 0.29) is 21.1 Å². The molecule has 0 aliphatic carbocycles. The zero-order valence-electron chi connectivity index (χ0n) is 21.0. The van der Waals surface area contributed by atoms with E-state index in [1.165, 1.54) is 0 Å². The third-order valence-electron chi connectivity index (χ3n) is 3.94. The summed E-state index contributed by atoms with van der Waals surface area (Å²) >= 11 is 0. The molecule has 0 radical (unpaired) electrons. The van der Waals surface area contributed by atoms with E-state index in [0.29, 0.717) is 24.6 Å². The van der Waals surface area contributed by atoms with Crippen LogP contribution in [0.1, 0.15) is 105 Å². The Hall–Kier alpha value is 1.45. The molecule has 0 aromatic rings. The van der Waals surface area contributed by atoms with Crippen LogP contribution in [-0.2, 0) is 39.3 Å². The average Bonchev–Trinajstić information content (AvgIpc) is 2.69. The molecule has 0 spiro atoms. The van der Waals surface area contributed by atoms with E-state index in [9.17, 15) is 37.8 Å². The average molecular weight is 636 g/mol. The van der Waals surface area contributed by atoms with Gasteiger partial charge in [0.2, 0.25) is 0 Å². The summed E-state index contributed by atoms with van der Waals surface area (Å²) in [4.78, 5) is 39.8. The molecule has 0 fully saturated rings. The fraction of sp³-hybridized carbons (Fsp3) is 1.00. The first kappa shape index (κ1) is 44.4. The van der Waals surface area contributed by atoms with Crippen LogP contribution >= 0.6 is 32.1 Å². The standard InChI is InChI=1S/4C5H13O2P.Mo/c4*1-2-3-4-5-8(6)7;/h4*8H,2-5H2,1H3,(H,6,7);/q;;;;+4/p-4. The van der Waals surface area contributed by atoms with Gasteiger partial charge in [0.1, 0.15) is 0 Å². The molecule has 0 amide bonds. The number of hydrogen-bond donors (Lipinski definition) is 0. The third-order valence-corrected chi connectivity index (χ3v) is 6.99. The van der Waals surface area contributed by atoms with Crippen LogP contribution in [0.25, 0.3) is 0 Å². The Morgan fingerprint density at radius 3 is 0.636 bits per heavy atom. The van der Waals surface area contributed by atoms with Gasteiger partial charge >= 0.3 is 21.1 Å². The second kappa shape index (κ2) is 40.6. The quantitative estimate of drug-likeness (QED) is 0.139. The number of unbranched alkanes of at least 4 members (excludes halogenated alkanes) is 8. The fourth-order valence-corrected chi connectivity index (χ4v) is 4.23. The van der Waals surface area contributed by atoms with Crippen molar-refractivity contribution in [3.05, 3.63) is 0 Å². The molecule has 0 rings (SSSR count). The van der Waals surface area contributed by atoms with Gasteiger partial charge in [-0.3, -0.25) is 0 Å². The fourth-order valence-electron chi connectivity index (χ4n) is 2.08. The number of hydrogen-bond acceptors (Lipinski definition) is 8. The van der Waals surface area contributed by atoms with Gasteiger partial charge in [-0.2, -0.15) is 0 Å². The molecule has 202 valence electrons. The van der Waals surface area contributed by atoms with E-state index in [2.05, 4.69) is 27.7 Å². The van der Waals surface area contributed by atoms with Crippen molar-refractivity contribution in [3.8, 4) is 0 Å². The minimum absolute atomic E-state index is 0. The molecular formula is C20H48MoO8P4. The zero-order chi connectivity index (χ0) is 25.6. The SMILES string of the molecule is CCCCC[PH](=O)[O-].CCCCC[PH](=O)[O-].CCCCC[PH](=O)[O-].CCCCC[PH](=O)[O-].[Mo+4]. The minimum atomic E-state index is -2.41. The second-order valence-corrected chi connectivity index (χ2v) is 12.3. The molecule has 0 heterocycles. The Labute approximate surface area is 219 Å². The molecule has 0 N–H and O–H groups in total. The summed E-state index contributed by atoms with van der Waals surface area (Å²) < 4.78 is 39.8. The molecule has 0 aliphatic rings. The maximum Gasteiger partial charge on any atom is 4.00 e. The van der Waals surface area contributed by atoms with E-state index in [4.69, 9.17) is 0 Å². The molecule has 4 unspecified atom stereocenters. The summed E-state index contributed by atoms with van der Waals surface area (Å²) in [7, 11) is -9.63. The van der Waals surface area contributed by atoms with Crippen molar-refractivity contribution < 1.29 is 58.9 Å². The Kier molecular flexibility index (Phi) is 54.7. The van der Waals surface area contributed by atoms with Gasteiger partial charge < -0.3 is 37.8 Å². The van der Waals surface area contributed by atoms with Crippen LogP contribution in [0.2, 0.25) is 0 Å². The molecule has 0 saturated heterocycles. The van der Waals surface area contributed by atoms with Crippen LogP contribution < -0.4 is 19.6 Å². The van der Waals surface area contributed by atoms with E-state index >= 15 is 0 Å². The first-order valence-electron chi connectivity index (χ1n) is 11.9. The van der Waals surface area contributed by atoms with Crippen LogP contribution in [0, 0.1) is 0 Å². The maximum absolute atomic E-state index is 9.95. The third kappa shape index (κ3) is 71.9. The van der Waals surface area contributed by atoms with Crippen molar-refractivity contribution in [2.75, 3.05) is 24.6 Å². The zero-order valence-corrected chi connectivity index (χ0v) is 27.0. The van der Waals surface area contributed by atoms with Crippen LogP contribution in [0.3, 0.4) is 0 Å². The van der Waals surface area contributed by atoms with Crippen LogP contribution in [0.5, 0.6) is 0 Å². The molecule has 4 atom stereocenters. The van der Waals surface area contributed by atoms with Gasteiger partial charge in [-0.05, 0) is 50.3 Å². The molecule has 13 heteroatoms. The van der Waals surface area contributed by atoms with Gasteiger partial charge in [0, 0.05) is 32.1 Å². The Bertz CT molecular complexity index is 378. The smallest absolute Gasteiger partial charge is 0.802 e. The molecule has 0 aromatic heterocycles. The summed E-state index contributed by atoms with van der Waals surface area (Å²) in [5.41, 5.74) is 0. The molecule has 0 bridgehead atoms. The van der Waals surface area contributed by atoms with Gasteiger partial charge in [0.05, 0.1) is 0 Å². The summed E-state index contributed by atoms with van der Waals surface area (Å²) in [5.74, 6) is 0. The van der Waals surface area contributed by atoms with Gasteiger partial charge in [0.15, 0.2) is 0 Å². The molecule has 0 aromatic carbocycles. The summed E-state index contributed by atoms with van der Waals surface area (Å²) in [6.07, 6.45) is 13.5. The van der Waals surface area contributed by atoms with Crippen LogP contribution in [-0.4, -0.2) is 24.6 Å².